The second-order valence-electron chi connectivity index (χ2n) is 4.51. The average molecular weight is 256 g/mol. The molecule has 19 heavy (non-hydrogen) atoms. The minimum absolute atomic E-state index is 0.233. The molecule has 0 aliphatic heterocycles. The van der Waals surface area contributed by atoms with Gasteiger partial charge in [0.1, 0.15) is 0 Å². The molecule has 3 rings (SSSR count). The second-order valence-corrected chi connectivity index (χ2v) is 4.51. The maximum Gasteiger partial charge on any atom is 0.328 e. The fourth-order valence-corrected chi connectivity index (χ4v) is 2.14. The van der Waals surface area contributed by atoms with Crippen LogP contribution in [0.4, 0.5) is 0 Å². The minimum Gasteiger partial charge on any atom is -0.478 e. The van der Waals surface area contributed by atoms with Crippen LogP contribution in [0.1, 0.15) is 35.6 Å². The lowest BCUT2D eigenvalue weighted by Gasteiger charge is -1.96. The summed E-state index contributed by atoms with van der Waals surface area (Å²) in [7, 11) is 0. The minimum atomic E-state index is -1.03. The van der Waals surface area contributed by atoms with Crippen LogP contribution in [0.3, 0.4) is 0 Å². The van der Waals surface area contributed by atoms with Crippen molar-refractivity contribution in [2.75, 3.05) is 0 Å². The SMILES string of the molecule is O=C(O)/C=C/c1nnc(C2CC2c2ccccc2)o1. The van der Waals surface area contributed by atoms with E-state index in [0.29, 0.717) is 11.8 Å². The van der Waals surface area contributed by atoms with Crippen LogP contribution in [-0.4, -0.2) is 21.3 Å². The molecule has 2 aromatic rings. The highest BCUT2D eigenvalue weighted by molar-refractivity contribution is 5.84. The van der Waals surface area contributed by atoms with Crippen molar-refractivity contribution in [1.29, 1.82) is 0 Å². The number of carboxylic acids is 1. The van der Waals surface area contributed by atoms with Crippen LogP contribution in [-0.2, 0) is 4.79 Å². The first-order chi connectivity index (χ1) is 9.24. The molecule has 96 valence electrons. The molecular weight excluding hydrogens is 244 g/mol. The highest BCUT2D eigenvalue weighted by Crippen LogP contribution is 2.53. The van der Waals surface area contributed by atoms with E-state index in [2.05, 4.69) is 22.3 Å². The smallest absolute Gasteiger partial charge is 0.328 e. The molecule has 1 aliphatic rings. The zero-order valence-corrected chi connectivity index (χ0v) is 10.1. The molecule has 0 radical (unpaired) electrons. The van der Waals surface area contributed by atoms with Crippen LogP contribution in [0, 0.1) is 0 Å². The number of carbonyl (C=O) groups is 1. The van der Waals surface area contributed by atoms with Crippen molar-refractivity contribution in [2.45, 2.75) is 18.3 Å². The molecule has 5 nitrogen and oxygen atoms in total. The maximum atomic E-state index is 10.4. The third-order valence-corrected chi connectivity index (χ3v) is 3.16. The lowest BCUT2D eigenvalue weighted by Crippen LogP contribution is -1.85. The van der Waals surface area contributed by atoms with Crippen molar-refractivity contribution in [2.24, 2.45) is 0 Å². The van der Waals surface area contributed by atoms with Crippen LogP contribution in [0.5, 0.6) is 0 Å². The van der Waals surface area contributed by atoms with E-state index < -0.39 is 5.97 Å². The number of nitrogens with zero attached hydrogens (tertiary/aromatic N) is 2. The van der Waals surface area contributed by atoms with Gasteiger partial charge in [0, 0.05) is 18.1 Å². The highest BCUT2D eigenvalue weighted by atomic mass is 16.4. The summed E-state index contributed by atoms with van der Waals surface area (Å²) in [5, 5.41) is 16.3. The number of benzene rings is 1. The van der Waals surface area contributed by atoms with Gasteiger partial charge in [-0.25, -0.2) is 4.79 Å². The first-order valence-corrected chi connectivity index (χ1v) is 6.03. The Hall–Kier alpha value is -2.43. The first-order valence-electron chi connectivity index (χ1n) is 6.03. The summed E-state index contributed by atoms with van der Waals surface area (Å²) in [6.07, 6.45) is 3.28. The van der Waals surface area contributed by atoms with Crippen LogP contribution in [0.25, 0.3) is 6.08 Å². The van der Waals surface area contributed by atoms with Crippen molar-refractivity contribution in [3.05, 3.63) is 53.8 Å². The van der Waals surface area contributed by atoms with Gasteiger partial charge in [-0.2, -0.15) is 0 Å². The molecule has 0 spiro atoms. The van der Waals surface area contributed by atoms with Crippen LogP contribution in [0.2, 0.25) is 0 Å². The predicted molar refractivity (Wildman–Crippen MR) is 67.5 cm³/mol. The summed E-state index contributed by atoms with van der Waals surface area (Å²) in [4.78, 5) is 10.4. The highest BCUT2D eigenvalue weighted by Gasteiger charge is 2.43. The topological polar surface area (TPSA) is 76.2 Å². The molecule has 1 aliphatic carbocycles. The third kappa shape index (κ3) is 2.54. The van der Waals surface area contributed by atoms with Crippen molar-refractivity contribution in [3.8, 4) is 0 Å². The standard InChI is InChI=1S/C14H12N2O3/c17-13(18)7-6-12-15-16-14(19-12)11-8-10(11)9-4-2-1-3-5-9/h1-7,10-11H,8H2,(H,17,18)/b7-6+. The molecule has 1 saturated carbocycles. The molecule has 0 bridgehead atoms. The van der Waals surface area contributed by atoms with Gasteiger partial charge in [-0.1, -0.05) is 30.3 Å². The normalized spacial score (nSPS) is 21.7. The van der Waals surface area contributed by atoms with Gasteiger partial charge in [0.05, 0.1) is 0 Å². The Balaban J connectivity index is 1.71. The zero-order valence-electron chi connectivity index (χ0n) is 10.1. The summed E-state index contributed by atoms with van der Waals surface area (Å²) in [6.45, 7) is 0. The zero-order chi connectivity index (χ0) is 13.2. The fourth-order valence-electron chi connectivity index (χ4n) is 2.14. The molecule has 5 heteroatoms. The van der Waals surface area contributed by atoms with E-state index in [9.17, 15) is 4.79 Å². The number of aromatic nitrogens is 2. The van der Waals surface area contributed by atoms with Gasteiger partial charge in [-0.15, -0.1) is 10.2 Å². The largest absolute Gasteiger partial charge is 0.478 e. The van der Waals surface area contributed by atoms with Gasteiger partial charge in [0.2, 0.25) is 11.8 Å². The molecule has 1 fully saturated rings. The van der Waals surface area contributed by atoms with E-state index in [0.717, 1.165) is 12.5 Å². The molecule has 1 N–H and O–H groups in total. The molecule has 2 atom stereocenters. The number of hydrogen-bond acceptors (Lipinski definition) is 4. The average Bonchev–Trinajstić information content (AvgIpc) is 3.09. The summed E-state index contributed by atoms with van der Waals surface area (Å²) in [5.41, 5.74) is 1.27. The Morgan fingerprint density at radius 1 is 1.26 bits per heavy atom. The molecule has 1 aromatic carbocycles. The van der Waals surface area contributed by atoms with Crippen molar-refractivity contribution < 1.29 is 14.3 Å². The Bertz CT molecular complexity index is 619. The Morgan fingerprint density at radius 2 is 2.05 bits per heavy atom. The summed E-state index contributed by atoms with van der Waals surface area (Å²) in [6, 6.07) is 10.2. The van der Waals surface area contributed by atoms with Crippen LogP contribution >= 0.6 is 0 Å². The number of rotatable bonds is 4. The van der Waals surface area contributed by atoms with E-state index in [4.69, 9.17) is 9.52 Å². The number of hydrogen-bond donors (Lipinski definition) is 1. The maximum absolute atomic E-state index is 10.4. The molecule has 0 saturated heterocycles. The van der Waals surface area contributed by atoms with Crippen LogP contribution in [0.15, 0.2) is 40.8 Å². The molecule has 1 aromatic heterocycles. The van der Waals surface area contributed by atoms with Crippen LogP contribution < -0.4 is 0 Å². The molecule has 0 amide bonds. The Labute approximate surface area is 109 Å². The lowest BCUT2D eigenvalue weighted by molar-refractivity contribution is -0.131. The van der Waals surface area contributed by atoms with Gasteiger partial charge in [-0.3, -0.25) is 0 Å². The fraction of sp³-hybridized carbons (Fsp3) is 0.214. The lowest BCUT2D eigenvalue weighted by atomic mass is 10.1. The van der Waals surface area contributed by atoms with Gasteiger partial charge in [0.15, 0.2) is 0 Å². The molecule has 2 unspecified atom stereocenters. The van der Waals surface area contributed by atoms with Gasteiger partial charge in [0.25, 0.3) is 0 Å². The summed E-state index contributed by atoms with van der Waals surface area (Å²) >= 11 is 0. The number of aliphatic carboxylic acids is 1. The van der Waals surface area contributed by atoms with E-state index in [1.165, 1.54) is 11.6 Å². The monoisotopic (exact) mass is 256 g/mol. The third-order valence-electron chi connectivity index (χ3n) is 3.16. The predicted octanol–water partition coefficient (Wildman–Crippen LogP) is 2.44. The summed E-state index contributed by atoms with van der Waals surface area (Å²) < 4.78 is 5.44. The quantitative estimate of drug-likeness (QED) is 0.850. The van der Waals surface area contributed by atoms with Crippen molar-refractivity contribution >= 4 is 12.0 Å². The number of carboxylic acid groups (broad SMARTS) is 1. The van der Waals surface area contributed by atoms with E-state index in [1.54, 1.807) is 0 Å². The molecule has 1 heterocycles. The van der Waals surface area contributed by atoms with Gasteiger partial charge in [-0.05, 0) is 17.9 Å². The van der Waals surface area contributed by atoms with Gasteiger partial charge < -0.3 is 9.52 Å². The van der Waals surface area contributed by atoms with Crippen molar-refractivity contribution in [3.63, 3.8) is 0 Å². The van der Waals surface area contributed by atoms with Gasteiger partial charge >= 0.3 is 5.97 Å². The second kappa shape index (κ2) is 4.68. The van der Waals surface area contributed by atoms with E-state index in [1.807, 2.05) is 18.2 Å². The van der Waals surface area contributed by atoms with E-state index in [-0.39, 0.29) is 11.8 Å². The summed E-state index contributed by atoms with van der Waals surface area (Å²) in [5.74, 6) is 0.461. The Kier molecular flexibility index (Phi) is 2.87. The van der Waals surface area contributed by atoms with E-state index >= 15 is 0 Å². The van der Waals surface area contributed by atoms with Crippen molar-refractivity contribution in [1.82, 2.24) is 10.2 Å². The molecular formula is C14H12N2O3. The first kappa shape index (κ1) is 11.6. The Morgan fingerprint density at radius 3 is 2.79 bits per heavy atom.